The summed E-state index contributed by atoms with van der Waals surface area (Å²) < 4.78 is 0. The van der Waals surface area contributed by atoms with Gasteiger partial charge in [0.05, 0.1) is 0 Å². The van der Waals surface area contributed by atoms with E-state index < -0.39 is 0 Å². The van der Waals surface area contributed by atoms with Gasteiger partial charge in [-0.15, -0.1) is 0 Å². The van der Waals surface area contributed by atoms with Crippen molar-refractivity contribution in [1.29, 1.82) is 0 Å². The molecule has 2 heterocycles. The minimum atomic E-state index is 0.0503. The molecule has 1 unspecified atom stereocenters. The predicted octanol–water partition coefficient (Wildman–Crippen LogP) is 3.04. The molecule has 1 aliphatic heterocycles. The van der Waals surface area contributed by atoms with Gasteiger partial charge in [0.15, 0.2) is 0 Å². The van der Waals surface area contributed by atoms with E-state index in [4.69, 9.17) is 5.73 Å². The van der Waals surface area contributed by atoms with Crippen molar-refractivity contribution >= 4 is 0 Å². The number of aryl methyl sites for hydroxylation is 1. The molecule has 0 spiro atoms. The Balaban J connectivity index is 2.35. The van der Waals surface area contributed by atoms with E-state index in [1.54, 1.807) is 0 Å². The Bertz CT molecular complexity index is 406. The van der Waals surface area contributed by atoms with Crippen LogP contribution in [0.5, 0.6) is 0 Å². The Hall–Kier alpha value is -0.930. The first-order valence-corrected chi connectivity index (χ1v) is 7.57. The second-order valence-corrected chi connectivity index (χ2v) is 5.71. The molecule has 2 rings (SSSR count). The number of likely N-dealkylation sites (tertiary alicyclic amines) is 1. The van der Waals surface area contributed by atoms with Gasteiger partial charge in [-0.25, -0.2) is 0 Å². The summed E-state index contributed by atoms with van der Waals surface area (Å²) in [6, 6.07) is 2.12. The zero-order valence-electron chi connectivity index (χ0n) is 12.5. The van der Waals surface area contributed by atoms with E-state index in [1.807, 2.05) is 12.4 Å². The summed E-state index contributed by atoms with van der Waals surface area (Å²) in [4.78, 5) is 6.89. The highest BCUT2D eigenvalue weighted by atomic mass is 15.2. The van der Waals surface area contributed by atoms with Crippen LogP contribution >= 0.6 is 0 Å². The average molecular weight is 261 g/mol. The van der Waals surface area contributed by atoms with Crippen LogP contribution < -0.4 is 5.73 Å². The summed E-state index contributed by atoms with van der Waals surface area (Å²) in [6.45, 7) is 9.06. The molecule has 1 saturated heterocycles. The standard InChI is InChI=1S/C16H27N3/c1-4-16(5-2,19-10-6-7-11-19)15(17)14-12-18-9-8-13(14)3/h8-9,12,15H,4-7,10-11,17H2,1-3H3. The number of rotatable bonds is 5. The molecule has 0 bridgehead atoms. The quantitative estimate of drug-likeness (QED) is 0.886. The Morgan fingerprint density at radius 2 is 1.95 bits per heavy atom. The van der Waals surface area contributed by atoms with Crippen LogP contribution in [0.4, 0.5) is 0 Å². The van der Waals surface area contributed by atoms with E-state index in [0.29, 0.717) is 0 Å². The minimum absolute atomic E-state index is 0.0503. The molecule has 2 N–H and O–H groups in total. The molecule has 1 aromatic heterocycles. The number of nitrogens with zero attached hydrogens (tertiary/aromatic N) is 2. The summed E-state index contributed by atoms with van der Waals surface area (Å²) in [5.74, 6) is 0. The third-order valence-corrected chi connectivity index (χ3v) is 4.95. The summed E-state index contributed by atoms with van der Waals surface area (Å²) >= 11 is 0. The van der Waals surface area contributed by atoms with Crippen LogP contribution in [-0.2, 0) is 0 Å². The highest BCUT2D eigenvalue weighted by molar-refractivity contribution is 5.28. The second kappa shape index (κ2) is 6.02. The maximum atomic E-state index is 6.69. The van der Waals surface area contributed by atoms with Crippen LogP contribution in [0.1, 0.15) is 56.7 Å². The molecule has 0 radical (unpaired) electrons. The van der Waals surface area contributed by atoms with Crippen molar-refractivity contribution in [1.82, 2.24) is 9.88 Å². The van der Waals surface area contributed by atoms with Crippen molar-refractivity contribution in [3.8, 4) is 0 Å². The fourth-order valence-corrected chi connectivity index (χ4v) is 3.59. The lowest BCUT2D eigenvalue weighted by atomic mass is 9.79. The number of hydrogen-bond acceptors (Lipinski definition) is 3. The average Bonchev–Trinajstić information content (AvgIpc) is 2.96. The van der Waals surface area contributed by atoms with Gasteiger partial charge in [-0.05, 0) is 62.9 Å². The zero-order valence-corrected chi connectivity index (χ0v) is 12.5. The minimum Gasteiger partial charge on any atom is -0.322 e. The lowest BCUT2D eigenvalue weighted by molar-refractivity contribution is 0.0763. The van der Waals surface area contributed by atoms with Gasteiger partial charge >= 0.3 is 0 Å². The van der Waals surface area contributed by atoms with E-state index in [2.05, 4.69) is 36.7 Å². The summed E-state index contributed by atoms with van der Waals surface area (Å²) in [7, 11) is 0. The smallest absolute Gasteiger partial charge is 0.0499 e. The third-order valence-electron chi connectivity index (χ3n) is 4.95. The molecule has 106 valence electrons. The lowest BCUT2D eigenvalue weighted by Gasteiger charge is -2.45. The fourth-order valence-electron chi connectivity index (χ4n) is 3.59. The summed E-state index contributed by atoms with van der Waals surface area (Å²) in [5, 5.41) is 0. The van der Waals surface area contributed by atoms with Gasteiger partial charge in [0, 0.05) is 24.0 Å². The predicted molar refractivity (Wildman–Crippen MR) is 80.0 cm³/mol. The third kappa shape index (κ3) is 2.54. The van der Waals surface area contributed by atoms with E-state index >= 15 is 0 Å². The van der Waals surface area contributed by atoms with Crippen LogP contribution in [0.15, 0.2) is 18.5 Å². The highest BCUT2D eigenvalue weighted by Gasteiger charge is 2.41. The molecule has 0 aliphatic carbocycles. The second-order valence-electron chi connectivity index (χ2n) is 5.71. The Labute approximate surface area is 117 Å². The van der Waals surface area contributed by atoms with Crippen LogP contribution in [0, 0.1) is 6.92 Å². The van der Waals surface area contributed by atoms with Crippen molar-refractivity contribution in [2.45, 2.75) is 58.0 Å². The number of aromatic nitrogens is 1. The van der Waals surface area contributed by atoms with Gasteiger partial charge < -0.3 is 5.73 Å². The number of nitrogens with two attached hydrogens (primary N) is 1. The number of hydrogen-bond donors (Lipinski definition) is 1. The molecule has 1 aromatic rings. The maximum Gasteiger partial charge on any atom is 0.0499 e. The molecule has 0 saturated carbocycles. The van der Waals surface area contributed by atoms with Gasteiger partial charge in [0.25, 0.3) is 0 Å². The largest absolute Gasteiger partial charge is 0.322 e. The van der Waals surface area contributed by atoms with Gasteiger partial charge in [-0.2, -0.15) is 0 Å². The maximum absolute atomic E-state index is 6.69. The van der Waals surface area contributed by atoms with E-state index in [9.17, 15) is 0 Å². The van der Waals surface area contributed by atoms with Gasteiger partial charge in [0.1, 0.15) is 0 Å². The van der Waals surface area contributed by atoms with E-state index in [-0.39, 0.29) is 11.6 Å². The molecule has 3 nitrogen and oxygen atoms in total. The molecule has 1 aliphatic rings. The number of pyridine rings is 1. The zero-order chi connectivity index (χ0) is 13.9. The van der Waals surface area contributed by atoms with Gasteiger partial charge in [0.2, 0.25) is 0 Å². The highest BCUT2D eigenvalue weighted by Crippen LogP contribution is 2.38. The first-order chi connectivity index (χ1) is 9.15. The van der Waals surface area contributed by atoms with Crippen molar-refractivity contribution in [2.75, 3.05) is 13.1 Å². The van der Waals surface area contributed by atoms with Gasteiger partial charge in [-0.3, -0.25) is 9.88 Å². The summed E-state index contributed by atoms with van der Waals surface area (Å²) in [6.07, 6.45) is 8.61. The van der Waals surface area contributed by atoms with Crippen LogP contribution in [-0.4, -0.2) is 28.5 Å². The lowest BCUT2D eigenvalue weighted by Crippen LogP contribution is -2.54. The first-order valence-electron chi connectivity index (χ1n) is 7.57. The van der Waals surface area contributed by atoms with Gasteiger partial charge in [-0.1, -0.05) is 13.8 Å². The SMILES string of the molecule is CCC(CC)(C(N)c1cnccc1C)N1CCCC1. The first kappa shape index (κ1) is 14.5. The topological polar surface area (TPSA) is 42.1 Å². The normalized spacial score (nSPS) is 18.7. The van der Waals surface area contributed by atoms with Crippen LogP contribution in [0.2, 0.25) is 0 Å². The van der Waals surface area contributed by atoms with E-state index in [0.717, 1.165) is 12.8 Å². The molecule has 3 heteroatoms. The van der Waals surface area contributed by atoms with Crippen molar-refractivity contribution in [2.24, 2.45) is 5.73 Å². The molecule has 0 aromatic carbocycles. The van der Waals surface area contributed by atoms with E-state index in [1.165, 1.54) is 37.1 Å². The molecule has 1 fully saturated rings. The molecule has 19 heavy (non-hydrogen) atoms. The Kier molecular flexibility index (Phi) is 4.58. The monoisotopic (exact) mass is 261 g/mol. The molecule has 1 atom stereocenters. The molecule has 0 amide bonds. The van der Waals surface area contributed by atoms with Crippen molar-refractivity contribution in [3.05, 3.63) is 29.6 Å². The van der Waals surface area contributed by atoms with Crippen molar-refractivity contribution in [3.63, 3.8) is 0 Å². The van der Waals surface area contributed by atoms with Crippen molar-refractivity contribution < 1.29 is 0 Å². The summed E-state index contributed by atoms with van der Waals surface area (Å²) in [5.41, 5.74) is 9.25. The van der Waals surface area contributed by atoms with Crippen LogP contribution in [0.25, 0.3) is 0 Å². The van der Waals surface area contributed by atoms with Crippen LogP contribution in [0.3, 0.4) is 0 Å². The fraction of sp³-hybridized carbons (Fsp3) is 0.688. The molecular weight excluding hydrogens is 234 g/mol. The Morgan fingerprint density at radius 1 is 1.32 bits per heavy atom. The molecular formula is C16H27N3. The Morgan fingerprint density at radius 3 is 2.47 bits per heavy atom.